The van der Waals surface area contributed by atoms with E-state index in [2.05, 4.69) is 18.2 Å². The van der Waals surface area contributed by atoms with Crippen molar-refractivity contribution in [3.63, 3.8) is 0 Å². The fourth-order valence-electron chi connectivity index (χ4n) is 4.75. The van der Waals surface area contributed by atoms with Crippen molar-refractivity contribution in [3.8, 4) is 11.1 Å². The largest absolute Gasteiger partial charge is 0.481 e. The molecule has 1 amide bonds. The van der Waals surface area contributed by atoms with Crippen LogP contribution in [0.1, 0.15) is 42.1 Å². The van der Waals surface area contributed by atoms with Crippen LogP contribution in [0.2, 0.25) is 0 Å². The number of aromatic nitrogens is 1. The van der Waals surface area contributed by atoms with Crippen molar-refractivity contribution in [2.75, 3.05) is 0 Å². The number of rotatable bonds is 6. The maximum atomic E-state index is 13.1. The second-order valence-electron chi connectivity index (χ2n) is 8.64. The first kappa shape index (κ1) is 22.5. The molecule has 0 unspecified atom stereocenters. The Balaban J connectivity index is 1.67. The third-order valence-corrected chi connectivity index (χ3v) is 6.33. The lowest BCUT2D eigenvalue weighted by molar-refractivity contribution is -0.141. The zero-order chi connectivity index (χ0) is 24.4. The Kier molecular flexibility index (Phi) is 6.10. The van der Waals surface area contributed by atoms with Crippen LogP contribution in [0.3, 0.4) is 0 Å². The van der Waals surface area contributed by atoms with E-state index in [1.165, 1.54) is 5.01 Å². The Labute approximate surface area is 203 Å². The van der Waals surface area contributed by atoms with E-state index in [9.17, 15) is 9.59 Å². The number of benzene rings is 3. The molecule has 3 aromatic carbocycles. The molecule has 1 N–H and O–H groups in total. The number of hydrogen-bond acceptors (Lipinski definition) is 4. The van der Waals surface area contributed by atoms with E-state index in [4.69, 9.17) is 15.2 Å². The SMILES string of the molecule is Cc1nc2ccccc2c(-c2ccccc2)c1C1=NN(C(=O)CCC(=O)O)[C@H](c2ccccc2)C1. The first-order chi connectivity index (χ1) is 17.0. The van der Waals surface area contributed by atoms with Crippen LogP contribution in [0, 0.1) is 6.92 Å². The van der Waals surface area contributed by atoms with E-state index in [-0.39, 0.29) is 24.8 Å². The lowest BCUT2D eigenvalue weighted by Crippen LogP contribution is -2.27. The van der Waals surface area contributed by atoms with Gasteiger partial charge in [-0.1, -0.05) is 78.9 Å². The van der Waals surface area contributed by atoms with Crippen molar-refractivity contribution in [2.45, 2.75) is 32.2 Å². The Bertz CT molecular complexity index is 1430. The number of amides is 1. The minimum Gasteiger partial charge on any atom is -0.481 e. The van der Waals surface area contributed by atoms with E-state index in [0.29, 0.717) is 6.42 Å². The van der Waals surface area contributed by atoms with Crippen molar-refractivity contribution in [2.24, 2.45) is 5.10 Å². The normalized spacial score (nSPS) is 15.3. The number of hydrogen-bond donors (Lipinski definition) is 1. The van der Waals surface area contributed by atoms with Gasteiger partial charge in [-0.3, -0.25) is 14.6 Å². The van der Waals surface area contributed by atoms with Gasteiger partial charge in [-0.2, -0.15) is 5.10 Å². The number of fused-ring (bicyclic) bond motifs is 1. The van der Waals surface area contributed by atoms with Gasteiger partial charge in [-0.25, -0.2) is 5.01 Å². The van der Waals surface area contributed by atoms with Crippen LogP contribution in [0.15, 0.2) is 90.0 Å². The number of carboxylic acids is 1. The predicted molar refractivity (Wildman–Crippen MR) is 136 cm³/mol. The fourth-order valence-corrected chi connectivity index (χ4v) is 4.75. The number of carbonyl (C=O) groups is 2. The summed E-state index contributed by atoms with van der Waals surface area (Å²) in [6, 6.07) is 27.6. The average Bonchev–Trinajstić information content (AvgIpc) is 3.32. The molecule has 0 spiro atoms. The Morgan fingerprint density at radius 1 is 0.886 bits per heavy atom. The predicted octanol–water partition coefficient (Wildman–Crippen LogP) is 5.75. The molecule has 2 heterocycles. The van der Waals surface area contributed by atoms with Crippen molar-refractivity contribution in [1.82, 2.24) is 9.99 Å². The summed E-state index contributed by atoms with van der Waals surface area (Å²) in [5, 5.41) is 16.4. The molecule has 1 atom stereocenters. The molecule has 4 aromatic rings. The van der Waals surface area contributed by atoms with Gasteiger partial charge in [0.05, 0.1) is 23.7 Å². The van der Waals surface area contributed by atoms with Crippen LogP contribution in [0.25, 0.3) is 22.0 Å². The molecule has 0 radical (unpaired) electrons. The summed E-state index contributed by atoms with van der Waals surface area (Å²) in [5.41, 5.74) is 6.50. The van der Waals surface area contributed by atoms with Gasteiger partial charge in [0, 0.05) is 35.0 Å². The molecular weight excluding hydrogens is 438 g/mol. The second-order valence-corrected chi connectivity index (χ2v) is 8.64. The number of pyridine rings is 1. The Hall–Kier alpha value is -4.32. The lowest BCUT2D eigenvalue weighted by atomic mass is 9.89. The number of aliphatic carboxylic acids is 1. The van der Waals surface area contributed by atoms with Crippen molar-refractivity contribution < 1.29 is 14.7 Å². The summed E-state index contributed by atoms with van der Waals surface area (Å²) in [4.78, 5) is 29.1. The standard InChI is InChI=1S/C29H25N3O3/c1-19-28(29(21-12-6-3-7-13-21)22-14-8-9-15-23(22)30-19)24-18-25(20-10-4-2-5-11-20)32(31-24)26(33)16-17-27(34)35/h2-15,25H,16-18H2,1H3,(H,34,35)/t25-/m0/s1. The summed E-state index contributed by atoms with van der Waals surface area (Å²) in [7, 11) is 0. The van der Waals surface area contributed by atoms with E-state index >= 15 is 0 Å². The zero-order valence-corrected chi connectivity index (χ0v) is 19.4. The number of hydrazone groups is 1. The summed E-state index contributed by atoms with van der Waals surface area (Å²) >= 11 is 0. The quantitative estimate of drug-likeness (QED) is 0.395. The molecule has 1 aliphatic rings. The van der Waals surface area contributed by atoms with Crippen LogP contribution in [-0.4, -0.2) is 32.7 Å². The highest BCUT2D eigenvalue weighted by atomic mass is 16.4. The highest BCUT2D eigenvalue weighted by molar-refractivity contribution is 6.14. The molecule has 1 aromatic heterocycles. The third-order valence-electron chi connectivity index (χ3n) is 6.33. The summed E-state index contributed by atoms with van der Waals surface area (Å²) < 4.78 is 0. The van der Waals surface area contributed by atoms with E-state index in [0.717, 1.165) is 44.6 Å². The molecule has 0 saturated carbocycles. The van der Waals surface area contributed by atoms with Gasteiger partial charge in [-0.05, 0) is 24.1 Å². The minimum atomic E-state index is -1.00. The highest BCUT2D eigenvalue weighted by Gasteiger charge is 2.35. The van der Waals surface area contributed by atoms with Crippen LogP contribution in [0.5, 0.6) is 0 Å². The van der Waals surface area contributed by atoms with Gasteiger partial charge in [0.2, 0.25) is 5.91 Å². The monoisotopic (exact) mass is 463 g/mol. The summed E-state index contributed by atoms with van der Waals surface area (Å²) in [6.45, 7) is 1.98. The maximum absolute atomic E-state index is 13.1. The van der Waals surface area contributed by atoms with E-state index in [1.54, 1.807) is 0 Å². The molecule has 6 heteroatoms. The molecule has 1 aliphatic heterocycles. The molecule has 0 bridgehead atoms. The van der Waals surface area contributed by atoms with Crippen LogP contribution in [-0.2, 0) is 9.59 Å². The zero-order valence-electron chi connectivity index (χ0n) is 19.4. The van der Waals surface area contributed by atoms with Crippen LogP contribution < -0.4 is 0 Å². The molecule has 0 saturated heterocycles. The number of carboxylic acid groups (broad SMARTS) is 1. The van der Waals surface area contributed by atoms with E-state index in [1.807, 2.05) is 73.7 Å². The van der Waals surface area contributed by atoms with Gasteiger partial charge in [0.1, 0.15) is 0 Å². The second kappa shape index (κ2) is 9.50. The summed E-state index contributed by atoms with van der Waals surface area (Å²) in [6.07, 6.45) is 0.187. The van der Waals surface area contributed by atoms with Crippen molar-refractivity contribution >= 4 is 28.5 Å². The number of carbonyl (C=O) groups excluding carboxylic acids is 1. The molecule has 0 fully saturated rings. The van der Waals surface area contributed by atoms with Crippen LogP contribution in [0.4, 0.5) is 0 Å². The molecule has 5 rings (SSSR count). The van der Waals surface area contributed by atoms with Gasteiger partial charge in [0.15, 0.2) is 0 Å². The van der Waals surface area contributed by atoms with Gasteiger partial charge >= 0.3 is 5.97 Å². The highest BCUT2D eigenvalue weighted by Crippen LogP contribution is 2.39. The maximum Gasteiger partial charge on any atom is 0.303 e. The number of para-hydroxylation sites is 1. The fraction of sp³-hybridized carbons (Fsp3) is 0.172. The average molecular weight is 464 g/mol. The molecule has 174 valence electrons. The van der Waals surface area contributed by atoms with Gasteiger partial charge in [0.25, 0.3) is 0 Å². The molecular formula is C29H25N3O3. The van der Waals surface area contributed by atoms with E-state index < -0.39 is 5.97 Å². The smallest absolute Gasteiger partial charge is 0.303 e. The third kappa shape index (κ3) is 4.43. The molecule has 0 aliphatic carbocycles. The molecule has 6 nitrogen and oxygen atoms in total. The number of aryl methyl sites for hydroxylation is 1. The first-order valence-electron chi connectivity index (χ1n) is 11.6. The van der Waals surface area contributed by atoms with Crippen molar-refractivity contribution in [3.05, 3.63) is 102 Å². The topological polar surface area (TPSA) is 82.9 Å². The summed E-state index contributed by atoms with van der Waals surface area (Å²) in [5.74, 6) is -1.30. The Morgan fingerprint density at radius 3 is 2.26 bits per heavy atom. The van der Waals surface area contributed by atoms with Crippen LogP contribution >= 0.6 is 0 Å². The minimum absolute atomic E-state index is 0.101. The lowest BCUT2D eigenvalue weighted by Gasteiger charge is -2.21. The molecule has 35 heavy (non-hydrogen) atoms. The first-order valence-corrected chi connectivity index (χ1v) is 11.6. The number of nitrogens with zero attached hydrogens (tertiary/aromatic N) is 3. The van der Waals surface area contributed by atoms with Gasteiger partial charge in [-0.15, -0.1) is 0 Å². The van der Waals surface area contributed by atoms with Crippen molar-refractivity contribution in [1.29, 1.82) is 0 Å². The Morgan fingerprint density at radius 2 is 1.54 bits per heavy atom. The van der Waals surface area contributed by atoms with Gasteiger partial charge < -0.3 is 5.11 Å².